The fourth-order valence-corrected chi connectivity index (χ4v) is 4.51. The summed E-state index contributed by atoms with van der Waals surface area (Å²) in [6.45, 7) is 6.45. The van der Waals surface area contributed by atoms with Crippen LogP contribution in [-0.2, 0) is 20.9 Å². The second-order valence-electron chi connectivity index (χ2n) is 11.6. The number of methoxy groups -OCH3 is 1. The van der Waals surface area contributed by atoms with E-state index in [1.165, 1.54) is 19.3 Å². The third-order valence-corrected chi connectivity index (χ3v) is 6.89. The summed E-state index contributed by atoms with van der Waals surface area (Å²) in [6.07, 6.45) is 4.08. The molecule has 1 saturated carbocycles. The molecule has 1 aromatic carbocycles. The van der Waals surface area contributed by atoms with Crippen molar-refractivity contribution in [3.8, 4) is 17.2 Å². The van der Waals surface area contributed by atoms with Gasteiger partial charge in [-0.3, -0.25) is 30.1 Å². The van der Waals surface area contributed by atoms with Crippen LogP contribution in [0, 0.1) is 16.7 Å². The molecule has 1 aromatic heterocycles. The predicted octanol–water partition coefficient (Wildman–Crippen LogP) is -1.98. The summed E-state index contributed by atoms with van der Waals surface area (Å²) in [6, 6.07) is 5.13. The molecule has 0 atom stereocenters. The summed E-state index contributed by atoms with van der Waals surface area (Å²) in [5.74, 6) is -0.423. The molecule has 228 valence electrons. The molecule has 1 aliphatic heterocycles. The molecule has 1 aliphatic carbocycles. The monoisotopic (exact) mass is 599 g/mol. The Morgan fingerprint density at radius 2 is 1.89 bits per heavy atom. The number of anilines is 1. The minimum Gasteiger partial charge on any atom is -0.494 e. The molecule has 2 aromatic rings. The molecule has 1 saturated heterocycles. The van der Waals surface area contributed by atoms with Crippen LogP contribution in [-0.4, -0.2) is 111 Å². The van der Waals surface area contributed by atoms with Gasteiger partial charge in [0.25, 0.3) is 11.8 Å². The molecule has 14 nitrogen and oxygen atoms in total. The molecule has 4 rings (SSSR count). The maximum atomic E-state index is 12.9. The number of aromatic nitrogens is 2. The molecule has 5 N–H and O–H groups in total. The Balaban J connectivity index is 1.54. The Labute approximate surface area is 258 Å². The van der Waals surface area contributed by atoms with E-state index in [9.17, 15) is 14.4 Å². The highest BCUT2D eigenvalue weighted by Gasteiger charge is 2.30. The van der Waals surface area contributed by atoms with Crippen LogP contribution < -0.4 is 20.7 Å². The quantitative estimate of drug-likeness (QED) is 0.0798. The first-order valence-corrected chi connectivity index (χ1v) is 14.3. The number of nitrogens with zero attached hydrogens (tertiary/aromatic N) is 4. The van der Waals surface area contributed by atoms with Gasteiger partial charge < -0.3 is 30.1 Å². The Bertz CT molecular complexity index is 1490. The average Bonchev–Trinajstić information content (AvgIpc) is 3.74. The summed E-state index contributed by atoms with van der Waals surface area (Å²) >= 11 is 0. The number of hydrogen-bond donors (Lipinski definition) is 5. The molecule has 0 bridgehead atoms. The van der Waals surface area contributed by atoms with Gasteiger partial charge in [0.2, 0.25) is 11.8 Å². The molecule has 2 fully saturated rings. The molecular weight excluding hydrogens is 563 g/mol. The van der Waals surface area contributed by atoms with E-state index < -0.39 is 16.9 Å². The second kappa shape index (κ2) is 13.8. The summed E-state index contributed by atoms with van der Waals surface area (Å²) < 4.78 is 11.3. The van der Waals surface area contributed by atoms with Crippen molar-refractivity contribution in [1.29, 1.82) is 10.8 Å². The number of amides is 3. The van der Waals surface area contributed by atoms with Gasteiger partial charge in [0.1, 0.15) is 35.1 Å². The first kappa shape index (κ1) is 32.3. The number of para-hydroxylation sites is 1. The van der Waals surface area contributed by atoms with E-state index in [-0.39, 0.29) is 35.2 Å². The van der Waals surface area contributed by atoms with Gasteiger partial charge in [-0.05, 0) is 36.3 Å². The summed E-state index contributed by atoms with van der Waals surface area (Å²) in [5.41, 5.74) is 0.379. The van der Waals surface area contributed by atoms with Crippen LogP contribution >= 0.6 is 0 Å². The number of benzene rings is 1. The van der Waals surface area contributed by atoms with Crippen molar-refractivity contribution >= 4 is 58.5 Å². The SMILES string of the molecule is BC(B)(B)NC(=O)C(=N)/C(=C\C(=N)NC(=O)C1CC1)Nc1cccc(-c2nc(CN3CCN(C(=O)C=C)CC3)no2)c1OC. The van der Waals surface area contributed by atoms with Gasteiger partial charge in [-0.25, -0.2) is 0 Å². The van der Waals surface area contributed by atoms with Crippen LogP contribution in [0.3, 0.4) is 0 Å². The van der Waals surface area contributed by atoms with Gasteiger partial charge >= 0.3 is 0 Å². The van der Waals surface area contributed by atoms with E-state index in [0.29, 0.717) is 55.5 Å². The molecule has 0 radical (unpaired) electrons. The summed E-state index contributed by atoms with van der Waals surface area (Å²) in [7, 11) is 6.84. The lowest BCUT2D eigenvalue weighted by Gasteiger charge is -2.33. The third-order valence-electron chi connectivity index (χ3n) is 6.89. The number of piperazine rings is 1. The largest absolute Gasteiger partial charge is 0.494 e. The van der Waals surface area contributed by atoms with Crippen molar-refractivity contribution in [2.45, 2.75) is 24.6 Å². The van der Waals surface area contributed by atoms with Crippen LogP contribution in [0.15, 0.2) is 47.2 Å². The molecule has 3 amide bonds. The molecule has 44 heavy (non-hydrogen) atoms. The van der Waals surface area contributed by atoms with Crippen LogP contribution in [0.25, 0.3) is 11.5 Å². The zero-order valence-electron chi connectivity index (χ0n) is 25.5. The highest BCUT2D eigenvalue weighted by Crippen LogP contribution is 2.36. The van der Waals surface area contributed by atoms with Crippen molar-refractivity contribution in [2.75, 3.05) is 38.6 Å². The molecule has 2 heterocycles. The minimum absolute atomic E-state index is 0.0245. The number of carbonyl (C=O) groups excluding carboxylic acids is 3. The Morgan fingerprint density at radius 1 is 1.18 bits per heavy atom. The fraction of sp³-hybridized carbons (Fsp3) is 0.370. The highest BCUT2D eigenvalue weighted by atomic mass is 16.5. The molecule has 17 heteroatoms. The van der Waals surface area contributed by atoms with Crippen molar-refractivity contribution in [2.24, 2.45) is 5.92 Å². The minimum atomic E-state index is -0.663. The maximum absolute atomic E-state index is 12.9. The van der Waals surface area contributed by atoms with Crippen LogP contribution in [0.5, 0.6) is 5.75 Å². The van der Waals surface area contributed by atoms with Gasteiger partial charge in [-0.2, -0.15) is 4.98 Å². The topological polar surface area (TPSA) is 190 Å². The van der Waals surface area contributed by atoms with Gasteiger partial charge in [0.05, 0.1) is 30.6 Å². The smallest absolute Gasteiger partial charge is 0.269 e. The molecular formula is C27H36B3N9O5. The lowest BCUT2D eigenvalue weighted by molar-refractivity contribution is -0.127. The molecule has 2 aliphatic rings. The van der Waals surface area contributed by atoms with Crippen molar-refractivity contribution < 1.29 is 23.6 Å². The van der Waals surface area contributed by atoms with Gasteiger partial charge in [0, 0.05) is 38.2 Å². The van der Waals surface area contributed by atoms with E-state index in [4.69, 9.17) is 20.1 Å². The van der Waals surface area contributed by atoms with Crippen LogP contribution in [0.2, 0.25) is 0 Å². The highest BCUT2D eigenvalue weighted by molar-refractivity contribution is 6.61. The van der Waals surface area contributed by atoms with Crippen LogP contribution in [0.4, 0.5) is 5.69 Å². The van der Waals surface area contributed by atoms with E-state index >= 15 is 0 Å². The number of ether oxygens (including phenoxy) is 1. The Hall–Kier alpha value is -4.66. The zero-order chi connectivity index (χ0) is 32.0. The molecule has 0 unspecified atom stereocenters. The van der Waals surface area contributed by atoms with Gasteiger partial charge in [-0.1, -0.05) is 17.8 Å². The van der Waals surface area contributed by atoms with E-state index in [0.717, 1.165) is 12.8 Å². The van der Waals surface area contributed by atoms with Crippen molar-refractivity contribution in [3.63, 3.8) is 0 Å². The Morgan fingerprint density at radius 3 is 2.50 bits per heavy atom. The normalized spacial score (nSPS) is 15.7. The standard InChI is InChI=1S/C27H36B3N9O5/c1-3-21(40)39-11-9-38(10-12-39)14-20-35-26(44-37-20)16-5-4-6-17(23(16)43-2)33-18(22(32)25(42)36-27(28,29)30)13-19(31)34-24(41)15-7-8-15/h3-6,13,15,32-33H,1,7-12,14,28-30H2,2H3,(H,36,42)(H2,31,34,41)/b18-13+,32-22?. The summed E-state index contributed by atoms with van der Waals surface area (Å²) in [5, 5.41) is 28.7. The lowest BCUT2D eigenvalue weighted by Crippen LogP contribution is -2.52. The van der Waals surface area contributed by atoms with Gasteiger partial charge in [-0.15, -0.1) is 0 Å². The third kappa shape index (κ3) is 8.46. The van der Waals surface area contributed by atoms with Crippen molar-refractivity contribution in [1.82, 2.24) is 30.6 Å². The number of nitrogens with one attached hydrogen (secondary N) is 5. The first-order chi connectivity index (χ1) is 20.9. The van der Waals surface area contributed by atoms with E-state index in [1.807, 2.05) is 0 Å². The predicted molar refractivity (Wildman–Crippen MR) is 173 cm³/mol. The maximum Gasteiger partial charge on any atom is 0.269 e. The summed E-state index contributed by atoms with van der Waals surface area (Å²) in [4.78, 5) is 45.4. The van der Waals surface area contributed by atoms with E-state index in [2.05, 4.69) is 37.6 Å². The second-order valence-corrected chi connectivity index (χ2v) is 11.6. The van der Waals surface area contributed by atoms with Crippen LogP contribution in [0.1, 0.15) is 18.7 Å². The van der Waals surface area contributed by atoms with Gasteiger partial charge in [0.15, 0.2) is 11.6 Å². The van der Waals surface area contributed by atoms with E-state index in [1.54, 1.807) is 46.6 Å². The first-order valence-electron chi connectivity index (χ1n) is 14.3. The zero-order valence-corrected chi connectivity index (χ0v) is 25.5. The molecule has 0 spiro atoms. The number of hydrogen-bond acceptors (Lipinski definition) is 11. The Kier molecular flexibility index (Phi) is 10.1. The average molecular weight is 599 g/mol. The number of carbonyl (C=O) groups is 3. The lowest BCUT2D eigenvalue weighted by atomic mass is 9.49. The number of amidine groups is 1. The van der Waals surface area contributed by atoms with Crippen molar-refractivity contribution in [3.05, 3.63) is 48.5 Å². The number of rotatable bonds is 12. The fourth-order valence-electron chi connectivity index (χ4n) is 4.51.